The molecule has 1 unspecified atom stereocenters. The molecule has 4 N–H and O–H groups in total. The molecule has 0 spiro atoms. The van der Waals surface area contributed by atoms with Gasteiger partial charge in [0, 0.05) is 4.88 Å². The first kappa shape index (κ1) is 21.9. The maximum absolute atomic E-state index is 12.0. The Hall–Kier alpha value is -1.18. The van der Waals surface area contributed by atoms with Crippen LogP contribution in [-0.2, 0) is 22.4 Å². The zero-order valence-corrected chi connectivity index (χ0v) is 16.8. The van der Waals surface area contributed by atoms with Gasteiger partial charge in [-0.05, 0) is 31.1 Å². The number of aryl methyl sites for hydroxylation is 1. The van der Waals surface area contributed by atoms with Gasteiger partial charge in [-0.25, -0.2) is 4.98 Å². The molecular weight excluding hydrogens is 360 g/mol. The van der Waals surface area contributed by atoms with Gasteiger partial charge >= 0.3 is 0 Å². The number of hydrogen-bond donors (Lipinski definition) is 3. The Morgan fingerprint density at radius 3 is 2.76 bits per heavy atom. The Morgan fingerprint density at radius 2 is 2.12 bits per heavy atom. The van der Waals surface area contributed by atoms with Gasteiger partial charge < -0.3 is 16.4 Å². The fourth-order valence-electron chi connectivity index (χ4n) is 2.90. The van der Waals surface area contributed by atoms with Gasteiger partial charge in [-0.3, -0.25) is 9.59 Å². The Balaban J connectivity index is 0.00000312. The maximum Gasteiger partial charge on any atom is 0.245 e. The molecule has 1 aromatic rings. The Morgan fingerprint density at radius 1 is 1.40 bits per heavy atom. The summed E-state index contributed by atoms with van der Waals surface area (Å²) in [6.45, 7) is 5.88. The van der Waals surface area contributed by atoms with Crippen molar-refractivity contribution in [1.29, 1.82) is 0 Å². The van der Waals surface area contributed by atoms with E-state index in [1.165, 1.54) is 24.1 Å². The van der Waals surface area contributed by atoms with Crippen molar-refractivity contribution < 1.29 is 9.59 Å². The summed E-state index contributed by atoms with van der Waals surface area (Å²) < 4.78 is 0. The fraction of sp³-hybridized carbons (Fsp3) is 0.706. The highest BCUT2D eigenvalue weighted by atomic mass is 35.5. The summed E-state index contributed by atoms with van der Waals surface area (Å²) in [5.41, 5.74) is 6.87. The quantitative estimate of drug-likeness (QED) is 0.668. The molecule has 25 heavy (non-hydrogen) atoms. The maximum atomic E-state index is 12.0. The van der Waals surface area contributed by atoms with Crippen LogP contribution in [0.4, 0.5) is 5.13 Å². The predicted molar refractivity (Wildman–Crippen MR) is 104 cm³/mol. The van der Waals surface area contributed by atoms with Crippen molar-refractivity contribution in [2.24, 2.45) is 17.6 Å². The summed E-state index contributed by atoms with van der Waals surface area (Å²) >= 11 is 1.56. The molecule has 0 bridgehead atoms. The second-order valence-corrected chi connectivity index (χ2v) is 7.91. The number of carbonyl (C=O) groups excluding carboxylic acids is 2. The number of amides is 2. The standard InChI is InChI=1S/C17H28N4O2S.ClH/c1-4-5-11-6-7-12-13(8-11)24-17(20-12)21-14(22)9-19-16(23)15(18)10(2)3;/h10-11,15H,4-9,18H2,1-3H3,(H,19,23)(H,20,21,22);1H/t11?,15-;/m0./s1. The minimum Gasteiger partial charge on any atom is -0.346 e. The average Bonchev–Trinajstić information content (AvgIpc) is 2.93. The van der Waals surface area contributed by atoms with Crippen molar-refractivity contribution in [2.75, 3.05) is 11.9 Å². The topological polar surface area (TPSA) is 97.1 Å². The van der Waals surface area contributed by atoms with E-state index in [-0.39, 0.29) is 36.7 Å². The number of rotatable bonds is 7. The van der Waals surface area contributed by atoms with E-state index < -0.39 is 6.04 Å². The van der Waals surface area contributed by atoms with E-state index in [2.05, 4.69) is 22.5 Å². The Bertz CT molecular complexity index is 591. The molecule has 0 radical (unpaired) electrons. The van der Waals surface area contributed by atoms with Gasteiger partial charge in [-0.1, -0.05) is 33.6 Å². The third-order valence-corrected chi connectivity index (χ3v) is 5.46. The van der Waals surface area contributed by atoms with Crippen molar-refractivity contribution in [2.45, 2.75) is 58.9 Å². The van der Waals surface area contributed by atoms with Gasteiger partial charge in [0.2, 0.25) is 11.8 Å². The molecular formula is C17H29ClN4O2S. The molecule has 2 atom stereocenters. The molecule has 6 nitrogen and oxygen atoms in total. The van der Waals surface area contributed by atoms with Crippen LogP contribution in [-0.4, -0.2) is 29.4 Å². The average molecular weight is 389 g/mol. The lowest BCUT2D eigenvalue weighted by molar-refractivity contribution is -0.125. The van der Waals surface area contributed by atoms with E-state index >= 15 is 0 Å². The van der Waals surface area contributed by atoms with Crippen LogP contribution in [0.25, 0.3) is 0 Å². The number of nitrogens with one attached hydrogen (secondary N) is 2. The lowest BCUT2D eigenvalue weighted by atomic mass is 9.88. The number of thiazole rings is 1. The number of carbonyl (C=O) groups is 2. The highest BCUT2D eigenvalue weighted by Crippen LogP contribution is 2.33. The molecule has 0 aliphatic heterocycles. The smallest absolute Gasteiger partial charge is 0.245 e. The van der Waals surface area contributed by atoms with Crippen LogP contribution in [0.1, 0.15) is 50.6 Å². The van der Waals surface area contributed by atoms with E-state index in [9.17, 15) is 9.59 Å². The van der Waals surface area contributed by atoms with Gasteiger partial charge in [-0.15, -0.1) is 23.7 Å². The van der Waals surface area contributed by atoms with Gasteiger partial charge in [0.1, 0.15) is 0 Å². The fourth-order valence-corrected chi connectivity index (χ4v) is 4.04. The van der Waals surface area contributed by atoms with E-state index in [1.54, 1.807) is 11.3 Å². The van der Waals surface area contributed by atoms with E-state index in [0.717, 1.165) is 24.5 Å². The van der Waals surface area contributed by atoms with Crippen molar-refractivity contribution in [3.63, 3.8) is 0 Å². The molecule has 0 fully saturated rings. The number of halogens is 1. The third-order valence-electron chi connectivity index (χ3n) is 4.43. The largest absolute Gasteiger partial charge is 0.346 e. The van der Waals surface area contributed by atoms with Crippen LogP contribution in [0.3, 0.4) is 0 Å². The summed E-state index contributed by atoms with van der Waals surface area (Å²) in [6, 6.07) is -0.597. The number of aromatic nitrogens is 1. The lowest BCUT2D eigenvalue weighted by Gasteiger charge is -2.19. The minimum atomic E-state index is -0.597. The molecule has 1 aromatic heterocycles. The van der Waals surface area contributed by atoms with Gasteiger partial charge in [0.25, 0.3) is 0 Å². The van der Waals surface area contributed by atoms with Crippen LogP contribution in [0.5, 0.6) is 0 Å². The van der Waals surface area contributed by atoms with Gasteiger partial charge in [0.15, 0.2) is 5.13 Å². The SMILES string of the molecule is CCCC1CCc2nc(NC(=O)CNC(=O)[C@@H](N)C(C)C)sc2C1.Cl. The summed E-state index contributed by atoms with van der Waals surface area (Å²) in [6.07, 6.45) is 5.70. The molecule has 142 valence electrons. The first-order chi connectivity index (χ1) is 11.4. The van der Waals surface area contributed by atoms with Crippen LogP contribution < -0.4 is 16.4 Å². The summed E-state index contributed by atoms with van der Waals surface area (Å²) in [7, 11) is 0. The number of fused-ring (bicyclic) bond motifs is 1. The third kappa shape index (κ3) is 6.24. The molecule has 2 amide bonds. The lowest BCUT2D eigenvalue weighted by Crippen LogP contribution is -2.46. The van der Waals surface area contributed by atoms with Crippen LogP contribution in [0.2, 0.25) is 0 Å². The van der Waals surface area contributed by atoms with Crippen molar-refractivity contribution >= 4 is 40.7 Å². The van der Waals surface area contributed by atoms with Crippen LogP contribution >= 0.6 is 23.7 Å². The van der Waals surface area contributed by atoms with Crippen LogP contribution in [0, 0.1) is 11.8 Å². The van der Waals surface area contributed by atoms with Crippen molar-refractivity contribution in [1.82, 2.24) is 10.3 Å². The summed E-state index contributed by atoms with van der Waals surface area (Å²) in [4.78, 5) is 29.6. The normalized spacial score (nSPS) is 17.4. The zero-order chi connectivity index (χ0) is 17.7. The molecule has 1 aliphatic rings. The molecule has 0 saturated carbocycles. The predicted octanol–water partition coefficient (Wildman–Crippen LogP) is 2.51. The molecule has 0 aromatic carbocycles. The Kier molecular flexibility index (Phi) is 8.82. The monoisotopic (exact) mass is 388 g/mol. The van der Waals surface area contributed by atoms with E-state index in [0.29, 0.717) is 5.13 Å². The van der Waals surface area contributed by atoms with Gasteiger partial charge in [-0.2, -0.15) is 0 Å². The molecule has 2 rings (SSSR count). The highest BCUT2D eigenvalue weighted by molar-refractivity contribution is 7.15. The Labute approximate surface area is 159 Å². The van der Waals surface area contributed by atoms with Crippen molar-refractivity contribution in [3.8, 4) is 0 Å². The molecule has 8 heteroatoms. The number of nitrogens with two attached hydrogens (primary N) is 1. The van der Waals surface area contributed by atoms with Gasteiger partial charge in [0.05, 0.1) is 18.3 Å². The first-order valence-corrected chi connectivity index (χ1v) is 9.54. The van der Waals surface area contributed by atoms with Crippen LogP contribution in [0.15, 0.2) is 0 Å². The summed E-state index contributed by atoms with van der Waals surface area (Å²) in [5, 5.41) is 5.98. The number of anilines is 1. The number of nitrogens with zero attached hydrogens (tertiary/aromatic N) is 1. The minimum absolute atomic E-state index is 0. The van der Waals surface area contributed by atoms with E-state index in [1.807, 2.05) is 13.8 Å². The van der Waals surface area contributed by atoms with Crippen molar-refractivity contribution in [3.05, 3.63) is 10.6 Å². The molecule has 1 heterocycles. The van der Waals surface area contributed by atoms with E-state index in [4.69, 9.17) is 5.73 Å². The first-order valence-electron chi connectivity index (χ1n) is 8.72. The summed E-state index contributed by atoms with van der Waals surface area (Å²) in [5.74, 6) is 0.203. The molecule has 0 saturated heterocycles. The molecule has 1 aliphatic carbocycles. The number of hydrogen-bond acceptors (Lipinski definition) is 5. The second kappa shape index (κ2) is 10.1. The zero-order valence-electron chi connectivity index (χ0n) is 15.1. The second-order valence-electron chi connectivity index (χ2n) is 6.82. The highest BCUT2D eigenvalue weighted by Gasteiger charge is 2.23.